The van der Waals surface area contributed by atoms with Crippen LogP contribution in [-0.4, -0.2) is 6.29 Å². The minimum atomic E-state index is -0.169. The summed E-state index contributed by atoms with van der Waals surface area (Å²) >= 11 is 0. The molecule has 0 spiro atoms. The Morgan fingerprint density at radius 2 is 1.92 bits per heavy atom. The zero-order valence-corrected chi connectivity index (χ0v) is 10.3. The number of rotatable bonds is 4. The Kier molecular flexibility index (Phi) is 7.25. The summed E-state index contributed by atoms with van der Waals surface area (Å²) in [7, 11) is 2.21. The van der Waals surface area contributed by atoms with Crippen LogP contribution in [0.4, 0.5) is 0 Å². The van der Waals surface area contributed by atoms with Gasteiger partial charge in [-0.25, -0.2) is 0 Å². The molecule has 1 rings (SSSR count). The van der Waals surface area contributed by atoms with Gasteiger partial charge in [-0.3, -0.25) is 0 Å². The molecule has 0 aliphatic rings. The monoisotopic (exact) mass is 264 g/mol. The van der Waals surface area contributed by atoms with Crippen molar-refractivity contribution in [1.82, 2.24) is 0 Å². The van der Waals surface area contributed by atoms with Gasteiger partial charge in [0.1, 0.15) is 5.75 Å². The first-order chi connectivity index (χ1) is 5.86. The van der Waals surface area contributed by atoms with Crippen molar-refractivity contribution in [3.05, 3.63) is 30.3 Å². The fraction of sp³-hybridized carbons (Fsp3) is 0.333. The van der Waals surface area contributed by atoms with Gasteiger partial charge in [0.15, 0.2) is 0 Å². The van der Waals surface area contributed by atoms with Gasteiger partial charge in [0.2, 0.25) is 6.29 Å². The smallest absolute Gasteiger partial charge is 0.202 e. The summed E-state index contributed by atoms with van der Waals surface area (Å²) in [6, 6.07) is 9.64. The predicted octanol–water partition coefficient (Wildman–Crippen LogP) is 3.19. The molecule has 0 aromatic heterocycles. The summed E-state index contributed by atoms with van der Waals surface area (Å²) in [4.78, 5) is 0. The van der Waals surface area contributed by atoms with Crippen LogP contribution in [0.25, 0.3) is 0 Å². The first-order valence-electron chi connectivity index (χ1n) is 3.94. The van der Waals surface area contributed by atoms with Crippen molar-refractivity contribution in [2.75, 3.05) is 0 Å². The highest BCUT2D eigenvalue weighted by Gasteiger charge is 2.04. The van der Waals surface area contributed by atoms with Crippen molar-refractivity contribution in [2.45, 2.75) is 19.6 Å². The molecule has 1 aromatic carbocycles. The number of ether oxygens (including phenoxy) is 1. The van der Waals surface area contributed by atoms with E-state index in [1.807, 2.05) is 37.3 Å². The van der Waals surface area contributed by atoms with Crippen molar-refractivity contribution in [3.63, 3.8) is 0 Å². The van der Waals surface area contributed by atoms with Crippen LogP contribution in [0.3, 0.4) is 0 Å². The lowest BCUT2D eigenvalue weighted by molar-refractivity contribution is 0.0189. The van der Waals surface area contributed by atoms with Crippen LogP contribution in [0.1, 0.15) is 13.3 Å². The van der Waals surface area contributed by atoms with Gasteiger partial charge in [0.05, 0.1) is 0 Å². The van der Waals surface area contributed by atoms with Crippen LogP contribution in [0.5, 0.6) is 5.75 Å². The number of hydrogen-bond donors (Lipinski definition) is 0. The van der Waals surface area contributed by atoms with Crippen molar-refractivity contribution in [1.29, 1.82) is 0 Å². The van der Waals surface area contributed by atoms with Gasteiger partial charge in [-0.2, -0.15) is 0 Å². The lowest BCUT2D eigenvalue weighted by Crippen LogP contribution is -2.14. The van der Waals surface area contributed by atoms with Crippen LogP contribution in [0.15, 0.2) is 30.3 Å². The standard InChI is InChI=1S/C9H13O2P.BrH/c1-2-9(11-12)10-8-6-4-3-5-7-8;/h3-7,9H,2,12H2,1H3;1H. The summed E-state index contributed by atoms with van der Waals surface area (Å²) in [5, 5.41) is 0. The van der Waals surface area contributed by atoms with Crippen molar-refractivity contribution in [2.24, 2.45) is 0 Å². The van der Waals surface area contributed by atoms with Gasteiger partial charge in [-0.1, -0.05) is 25.1 Å². The van der Waals surface area contributed by atoms with E-state index >= 15 is 0 Å². The predicted molar refractivity (Wildman–Crippen MR) is 62.3 cm³/mol. The molecule has 4 heteroatoms. The molecule has 0 saturated heterocycles. The molecule has 0 amide bonds. The van der Waals surface area contributed by atoms with E-state index in [4.69, 9.17) is 9.26 Å². The maximum absolute atomic E-state index is 5.47. The Morgan fingerprint density at radius 1 is 1.31 bits per heavy atom. The molecule has 0 aliphatic heterocycles. The van der Waals surface area contributed by atoms with Crippen LogP contribution in [-0.2, 0) is 4.52 Å². The van der Waals surface area contributed by atoms with Crippen LogP contribution < -0.4 is 4.74 Å². The quantitative estimate of drug-likeness (QED) is 0.614. The van der Waals surface area contributed by atoms with E-state index in [-0.39, 0.29) is 23.3 Å². The molecule has 0 aliphatic carbocycles. The normalized spacial score (nSPS) is 11.5. The maximum Gasteiger partial charge on any atom is 0.202 e. The molecular formula is C9H14BrO2P. The molecule has 0 fully saturated rings. The van der Waals surface area contributed by atoms with Gasteiger partial charge in [-0.05, 0) is 12.1 Å². The highest BCUT2D eigenvalue weighted by Crippen LogP contribution is 2.14. The average Bonchev–Trinajstić information content (AvgIpc) is 2.16. The zero-order valence-electron chi connectivity index (χ0n) is 7.47. The Balaban J connectivity index is 0.00000144. The average molecular weight is 265 g/mol. The van der Waals surface area contributed by atoms with E-state index in [1.165, 1.54) is 0 Å². The third kappa shape index (κ3) is 4.61. The SMILES string of the molecule is Br.CCC(OP)Oc1ccccc1. The second kappa shape index (κ2) is 7.31. The minimum Gasteiger partial charge on any atom is -0.465 e. The van der Waals surface area contributed by atoms with Gasteiger partial charge in [-0.15, -0.1) is 17.0 Å². The largest absolute Gasteiger partial charge is 0.465 e. The van der Waals surface area contributed by atoms with Gasteiger partial charge in [0, 0.05) is 15.9 Å². The molecule has 1 aromatic rings. The molecule has 0 saturated carbocycles. The fourth-order valence-corrected chi connectivity index (χ4v) is 1.11. The lowest BCUT2D eigenvalue weighted by atomic mass is 10.3. The number of halogens is 1. The first-order valence-corrected chi connectivity index (χ1v) is 4.41. The second-order valence-electron chi connectivity index (χ2n) is 2.40. The van der Waals surface area contributed by atoms with E-state index < -0.39 is 0 Å². The summed E-state index contributed by atoms with van der Waals surface area (Å²) in [6.07, 6.45) is 0.663. The minimum absolute atomic E-state index is 0. The second-order valence-corrected chi connectivity index (χ2v) is 2.68. The van der Waals surface area contributed by atoms with Crippen molar-refractivity contribution in [3.8, 4) is 5.75 Å². The van der Waals surface area contributed by atoms with Crippen LogP contribution in [0.2, 0.25) is 0 Å². The summed E-state index contributed by atoms with van der Waals surface area (Å²) in [5.74, 6) is 0.840. The van der Waals surface area contributed by atoms with E-state index in [1.54, 1.807) is 0 Å². The topological polar surface area (TPSA) is 18.5 Å². The molecule has 0 bridgehead atoms. The molecule has 0 radical (unpaired) electrons. The molecule has 0 heterocycles. The molecule has 0 N–H and O–H groups in total. The molecule has 2 unspecified atom stereocenters. The first kappa shape index (κ1) is 12.9. The molecule has 13 heavy (non-hydrogen) atoms. The Morgan fingerprint density at radius 3 is 2.38 bits per heavy atom. The van der Waals surface area contributed by atoms with Crippen molar-refractivity contribution < 1.29 is 9.26 Å². The van der Waals surface area contributed by atoms with Gasteiger partial charge >= 0.3 is 0 Å². The van der Waals surface area contributed by atoms with Gasteiger partial charge < -0.3 is 9.26 Å². The summed E-state index contributed by atoms with van der Waals surface area (Å²) in [5.41, 5.74) is 0. The lowest BCUT2D eigenvalue weighted by Gasteiger charge is -2.14. The number of hydrogen-bond acceptors (Lipinski definition) is 2. The summed E-state index contributed by atoms with van der Waals surface area (Å²) in [6.45, 7) is 2.01. The van der Waals surface area contributed by atoms with Crippen LogP contribution in [0, 0.1) is 0 Å². The van der Waals surface area contributed by atoms with E-state index in [2.05, 4.69) is 9.47 Å². The highest BCUT2D eigenvalue weighted by atomic mass is 79.9. The molecule has 2 nitrogen and oxygen atoms in total. The Bertz CT molecular complexity index is 214. The molecule has 74 valence electrons. The Hall–Kier alpha value is -0.110. The fourth-order valence-electron chi connectivity index (χ4n) is 0.858. The molecule has 2 atom stereocenters. The van der Waals surface area contributed by atoms with E-state index in [9.17, 15) is 0 Å². The third-order valence-electron chi connectivity index (χ3n) is 1.50. The van der Waals surface area contributed by atoms with Crippen molar-refractivity contribution >= 4 is 26.4 Å². The number of para-hydroxylation sites is 1. The third-order valence-corrected chi connectivity index (χ3v) is 1.80. The van der Waals surface area contributed by atoms with Gasteiger partial charge in [0.25, 0.3) is 0 Å². The zero-order chi connectivity index (χ0) is 8.81. The van der Waals surface area contributed by atoms with Crippen LogP contribution >= 0.6 is 26.4 Å². The number of benzene rings is 1. The molecular weight excluding hydrogens is 251 g/mol. The summed E-state index contributed by atoms with van der Waals surface area (Å²) < 4.78 is 10.5. The maximum atomic E-state index is 5.47. The van der Waals surface area contributed by atoms with E-state index in [0.717, 1.165) is 12.2 Å². The Labute approximate surface area is 91.7 Å². The highest BCUT2D eigenvalue weighted by molar-refractivity contribution is 8.93. The van der Waals surface area contributed by atoms with E-state index in [0.29, 0.717) is 0 Å².